The maximum atomic E-state index is 11.4. The molecule has 9 heteroatoms. The van der Waals surface area contributed by atoms with Crippen LogP contribution in [-0.4, -0.2) is 31.2 Å². The maximum absolute atomic E-state index is 11.4. The lowest BCUT2D eigenvalue weighted by Gasteiger charge is -2.11. The summed E-state index contributed by atoms with van der Waals surface area (Å²) in [6.45, 7) is 3.71. The first kappa shape index (κ1) is 14.6. The summed E-state index contributed by atoms with van der Waals surface area (Å²) < 4.78 is 1.49. The number of carbonyl (C=O) groups is 1. The van der Waals surface area contributed by atoms with Gasteiger partial charge in [0.1, 0.15) is 17.3 Å². The van der Waals surface area contributed by atoms with Crippen molar-refractivity contribution in [3.05, 3.63) is 28.1 Å². The highest BCUT2D eigenvalue weighted by molar-refractivity contribution is 8.04. The predicted octanol–water partition coefficient (Wildman–Crippen LogP) is 1.66. The van der Waals surface area contributed by atoms with Crippen LogP contribution in [0.4, 0.5) is 5.82 Å². The highest BCUT2D eigenvalue weighted by Crippen LogP contribution is 2.22. The number of rotatable bonds is 5. The molecule has 106 valence electrons. The van der Waals surface area contributed by atoms with E-state index in [2.05, 4.69) is 20.4 Å². The van der Waals surface area contributed by atoms with Crippen molar-refractivity contribution in [3.63, 3.8) is 0 Å². The largest absolute Gasteiger partial charge is 0.365 e. The number of primary amides is 1. The highest BCUT2D eigenvalue weighted by Gasteiger charge is 2.12. The zero-order valence-electron chi connectivity index (χ0n) is 10.9. The van der Waals surface area contributed by atoms with Gasteiger partial charge in [-0.15, -0.1) is 11.8 Å². The molecule has 0 unspecified atom stereocenters. The van der Waals surface area contributed by atoms with Crippen molar-refractivity contribution in [1.82, 2.24) is 19.6 Å². The Bertz CT molecular complexity index is 683. The number of fused-ring (bicyclic) bond motifs is 1. The second kappa shape index (κ2) is 6.10. The van der Waals surface area contributed by atoms with Crippen LogP contribution in [0.3, 0.4) is 0 Å². The number of aromatic nitrogens is 4. The van der Waals surface area contributed by atoms with Crippen molar-refractivity contribution in [3.8, 4) is 0 Å². The molecule has 2 heterocycles. The van der Waals surface area contributed by atoms with Gasteiger partial charge in [-0.3, -0.25) is 4.79 Å². The van der Waals surface area contributed by atoms with E-state index in [-0.39, 0.29) is 5.15 Å². The Balaban J connectivity index is 2.42. The zero-order chi connectivity index (χ0) is 14.7. The van der Waals surface area contributed by atoms with Crippen LogP contribution in [-0.2, 0) is 4.79 Å². The summed E-state index contributed by atoms with van der Waals surface area (Å²) >= 11 is 7.29. The standard InChI is InChI=1S/C11H13ClN6OS/c1-3-20-9(10(13)19)6(2)16-8-4-7(12)17-11-14-5-15-18(8)11/h4-5,16H,3H2,1-2H3,(H2,13,19)/b9-6+. The number of hydrogen-bond acceptors (Lipinski definition) is 6. The van der Waals surface area contributed by atoms with Gasteiger partial charge in [0.2, 0.25) is 0 Å². The lowest BCUT2D eigenvalue weighted by molar-refractivity contribution is -0.113. The van der Waals surface area contributed by atoms with Gasteiger partial charge >= 0.3 is 0 Å². The number of hydrogen-bond donors (Lipinski definition) is 2. The monoisotopic (exact) mass is 312 g/mol. The molecule has 2 rings (SSSR count). The SMILES string of the molecule is CCS/C(C(N)=O)=C(\C)Nc1cc(Cl)nc2ncnn12. The molecular formula is C11H13ClN6OS. The Labute approximate surface area is 124 Å². The first-order chi connectivity index (χ1) is 9.52. The van der Waals surface area contributed by atoms with E-state index in [1.165, 1.54) is 22.6 Å². The van der Waals surface area contributed by atoms with Gasteiger partial charge in [-0.2, -0.15) is 19.6 Å². The topological polar surface area (TPSA) is 98.2 Å². The van der Waals surface area contributed by atoms with E-state index < -0.39 is 5.91 Å². The van der Waals surface area contributed by atoms with E-state index in [1.54, 1.807) is 13.0 Å². The number of allylic oxidation sites excluding steroid dienone is 1. The minimum atomic E-state index is -0.475. The highest BCUT2D eigenvalue weighted by atomic mass is 35.5. The van der Waals surface area contributed by atoms with Gasteiger partial charge in [0.25, 0.3) is 11.7 Å². The second-order valence-corrected chi connectivity index (χ2v) is 5.47. The van der Waals surface area contributed by atoms with Crippen LogP contribution in [0.1, 0.15) is 13.8 Å². The number of halogens is 1. The quantitative estimate of drug-likeness (QED) is 0.643. The number of nitrogens with two attached hydrogens (primary N) is 1. The van der Waals surface area contributed by atoms with E-state index in [0.29, 0.717) is 22.2 Å². The molecule has 7 nitrogen and oxygen atoms in total. The predicted molar refractivity (Wildman–Crippen MR) is 79.4 cm³/mol. The molecule has 0 saturated heterocycles. The lowest BCUT2D eigenvalue weighted by atomic mass is 10.4. The summed E-state index contributed by atoms with van der Waals surface area (Å²) in [6.07, 6.45) is 1.37. The van der Waals surface area contributed by atoms with Crippen LogP contribution in [0.5, 0.6) is 0 Å². The van der Waals surface area contributed by atoms with Crippen molar-refractivity contribution >= 4 is 40.9 Å². The van der Waals surface area contributed by atoms with Gasteiger partial charge in [-0.05, 0) is 12.7 Å². The van der Waals surface area contributed by atoms with E-state index in [0.717, 1.165) is 5.75 Å². The number of carbonyl (C=O) groups excluding carboxylic acids is 1. The average Bonchev–Trinajstić information content (AvgIpc) is 2.83. The fourth-order valence-corrected chi connectivity index (χ4v) is 2.51. The van der Waals surface area contributed by atoms with Gasteiger partial charge < -0.3 is 11.1 Å². The normalized spacial score (nSPS) is 12.3. The minimum Gasteiger partial charge on any atom is -0.365 e. The van der Waals surface area contributed by atoms with E-state index >= 15 is 0 Å². The second-order valence-electron chi connectivity index (χ2n) is 3.81. The van der Waals surface area contributed by atoms with E-state index in [9.17, 15) is 4.79 Å². The Kier molecular flexibility index (Phi) is 4.46. The molecule has 0 aromatic carbocycles. The number of anilines is 1. The molecule has 0 fully saturated rings. The molecule has 20 heavy (non-hydrogen) atoms. The summed E-state index contributed by atoms with van der Waals surface area (Å²) in [4.78, 5) is 19.9. The molecule has 0 saturated carbocycles. The molecular weight excluding hydrogens is 300 g/mol. The van der Waals surface area contributed by atoms with Gasteiger partial charge in [-0.1, -0.05) is 18.5 Å². The number of thioether (sulfide) groups is 1. The third kappa shape index (κ3) is 3.02. The van der Waals surface area contributed by atoms with Crippen LogP contribution in [0.2, 0.25) is 5.15 Å². The van der Waals surface area contributed by atoms with Gasteiger partial charge in [0.05, 0.1) is 4.91 Å². The third-order valence-corrected chi connectivity index (χ3v) is 3.67. The van der Waals surface area contributed by atoms with Crippen LogP contribution in [0.25, 0.3) is 5.78 Å². The van der Waals surface area contributed by atoms with Gasteiger partial charge in [0.15, 0.2) is 0 Å². The molecule has 0 radical (unpaired) electrons. The minimum absolute atomic E-state index is 0.282. The molecule has 3 N–H and O–H groups in total. The van der Waals surface area contributed by atoms with Crippen molar-refractivity contribution in [2.75, 3.05) is 11.1 Å². The van der Waals surface area contributed by atoms with Gasteiger partial charge in [0, 0.05) is 11.8 Å². The molecule has 0 aliphatic rings. The van der Waals surface area contributed by atoms with Crippen LogP contribution in [0, 0.1) is 0 Å². The number of nitrogens with one attached hydrogen (secondary N) is 1. The van der Waals surface area contributed by atoms with Crippen molar-refractivity contribution in [1.29, 1.82) is 0 Å². The maximum Gasteiger partial charge on any atom is 0.256 e. The van der Waals surface area contributed by atoms with E-state index in [1.807, 2.05) is 6.92 Å². The smallest absolute Gasteiger partial charge is 0.256 e. The Morgan fingerprint density at radius 3 is 3.00 bits per heavy atom. The van der Waals surface area contributed by atoms with Crippen molar-refractivity contribution in [2.24, 2.45) is 5.73 Å². The number of amides is 1. The number of nitrogens with zero attached hydrogens (tertiary/aromatic N) is 4. The summed E-state index contributed by atoms with van der Waals surface area (Å²) in [5, 5.41) is 7.39. The molecule has 0 spiro atoms. The van der Waals surface area contributed by atoms with Crippen LogP contribution >= 0.6 is 23.4 Å². The fraction of sp³-hybridized carbons (Fsp3) is 0.273. The Hall–Kier alpha value is -1.80. The summed E-state index contributed by atoms with van der Waals surface area (Å²) in [6, 6.07) is 1.60. The molecule has 0 aliphatic heterocycles. The van der Waals surface area contributed by atoms with Crippen molar-refractivity contribution < 1.29 is 4.79 Å². The van der Waals surface area contributed by atoms with Gasteiger partial charge in [-0.25, -0.2) is 0 Å². The Morgan fingerprint density at radius 2 is 2.35 bits per heavy atom. The van der Waals surface area contributed by atoms with Crippen molar-refractivity contribution in [2.45, 2.75) is 13.8 Å². The summed E-state index contributed by atoms with van der Waals surface area (Å²) in [5.41, 5.74) is 6.00. The van der Waals surface area contributed by atoms with E-state index in [4.69, 9.17) is 17.3 Å². The molecule has 2 aromatic rings. The van der Waals surface area contributed by atoms with Crippen LogP contribution in [0.15, 0.2) is 23.0 Å². The van der Waals surface area contributed by atoms with Crippen LogP contribution < -0.4 is 11.1 Å². The first-order valence-electron chi connectivity index (χ1n) is 5.79. The fourth-order valence-electron chi connectivity index (χ4n) is 1.63. The molecule has 2 aromatic heterocycles. The summed E-state index contributed by atoms with van der Waals surface area (Å²) in [7, 11) is 0. The average molecular weight is 313 g/mol. The molecule has 1 amide bonds. The first-order valence-corrected chi connectivity index (χ1v) is 7.16. The Morgan fingerprint density at radius 1 is 1.60 bits per heavy atom. The molecule has 0 aliphatic carbocycles. The summed E-state index contributed by atoms with van der Waals surface area (Å²) in [5.74, 6) is 1.20. The zero-order valence-corrected chi connectivity index (χ0v) is 12.5. The third-order valence-electron chi connectivity index (χ3n) is 2.39. The molecule has 0 bridgehead atoms. The lowest BCUT2D eigenvalue weighted by Crippen LogP contribution is -2.16. The molecule has 0 atom stereocenters.